The highest BCUT2D eigenvalue weighted by Crippen LogP contribution is 2.40. The van der Waals surface area contributed by atoms with Crippen molar-refractivity contribution in [3.8, 4) is 22.9 Å². The lowest BCUT2D eigenvalue weighted by molar-refractivity contribution is -0.137. The van der Waals surface area contributed by atoms with Crippen LogP contribution < -0.4 is 15.0 Å². The van der Waals surface area contributed by atoms with Gasteiger partial charge in [0.1, 0.15) is 17.3 Å². The highest BCUT2D eigenvalue weighted by molar-refractivity contribution is 6.34. The molecule has 0 atom stereocenters. The van der Waals surface area contributed by atoms with Crippen LogP contribution in [0, 0.1) is 0 Å². The molecule has 1 N–H and O–H groups in total. The molecule has 6 aromatic rings. The summed E-state index contributed by atoms with van der Waals surface area (Å²) in [7, 11) is 0. The first-order chi connectivity index (χ1) is 23.7. The van der Waals surface area contributed by atoms with Crippen LogP contribution in [0.4, 0.5) is 30.4 Å². The summed E-state index contributed by atoms with van der Waals surface area (Å²) in [6.07, 6.45) is -1.43. The van der Waals surface area contributed by atoms with Crippen LogP contribution in [-0.4, -0.2) is 21.8 Å². The molecule has 0 unspecified atom stereocenters. The molecule has 0 saturated heterocycles. The van der Waals surface area contributed by atoms with Gasteiger partial charge in [0.15, 0.2) is 5.82 Å². The number of rotatable bonds is 9. The van der Waals surface area contributed by atoms with Crippen molar-refractivity contribution >= 4 is 39.9 Å². The van der Waals surface area contributed by atoms with E-state index in [0.717, 1.165) is 53.5 Å². The number of nitrogens with zero attached hydrogens (tertiary/aromatic N) is 3. The van der Waals surface area contributed by atoms with Crippen LogP contribution in [0.15, 0.2) is 115 Å². The first-order valence-electron chi connectivity index (χ1n) is 15.8. The van der Waals surface area contributed by atoms with E-state index in [0.29, 0.717) is 22.3 Å². The first-order valence-corrected chi connectivity index (χ1v) is 15.8. The zero-order valence-electron chi connectivity index (χ0n) is 26.3. The number of aromatic nitrogens is 2. The number of unbranched alkanes of at least 4 members (excludes halogenated alkanes) is 1. The third-order valence-electron chi connectivity index (χ3n) is 8.30. The molecule has 244 valence electrons. The van der Waals surface area contributed by atoms with Gasteiger partial charge in [0.2, 0.25) is 0 Å². The average Bonchev–Trinajstić information content (AvgIpc) is 3.36. The van der Waals surface area contributed by atoms with Gasteiger partial charge in [-0.25, -0.2) is 14.9 Å². The second-order valence-electron chi connectivity index (χ2n) is 11.6. The lowest BCUT2D eigenvalue weighted by atomic mass is 10.1. The molecule has 0 fully saturated rings. The predicted octanol–water partition coefficient (Wildman–Crippen LogP) is 9.99. The van der Waals surface area contributed by atoms with Crippen molar-refractivity contribution in [1.29, 1.82) is 0 Å². The molecule has 2 amide bonds. The van der Waals surface area contributed by atoms with E-state index in [4.69, 9.17) is 14.7 Å². The van der Waals surface area contributed by atoms with Gasteiger partial charge in [-0.1, -0.05) is 61.9 Å². The lowest BCUT2D eigenvalue weighted by Gasteiger charge is -2.19. The molecule has 49 heavy (non-hydrogen) atoms. The normalized spacial score (nSPS) is 12.8. The molecule has 0 spiro atoms. The van der Waals surface area contributed by atoms with E-state index in [2.05, 4.69) is 24.4 Å². The van der Waals surface area contributed by atoms with Gasteiger partial charge in [0.05, 0.1) is 27.9 Å². The van der Waals surface area contributed by atoms with Crippen molar-refractivity contribution in [3.63, 3.8) is 0 Å². The minimum absolute atomic E-state index is 0.00208. The van der Waals surface area contributed by atoms with E-state index in [1.165, 1.54) is 35.9 Å². The smallest absolute Gasteiger partial charge is 0.418 e. The van der Waals surface area contributed by atoms with Crippen LogP contribution in [0.1, 0.15) is 51.6 Å². The molecular formula is C39H29F3N4O3. The number of carbonyl (C=O) groups excluding carboxylic acids is 2. The lowest BCUT2D eigenvalue weighted by Crippen LogP contribution is -2.31. The van der Waals surface area contributed by atoms with Gasteiger partial charge in [-0.15, -0.1) is 0 Å². The number of hydrogen-bond acceptors (Lipinski definition) is 6. The van der Waals surface area contributed by atoms with Gasteiger partial charge >= 0.3 is 6.18 Å². The molecule has 1 aliphatic rings. The Morgan fingerprint density at radius 2 is 1.45 bits per heavy atom. The first kappa shape index (κ1) is 31.6. The highest BCUT2D eigenvalue weighted by Gasteiger charge is 2.42. The number of aryl methyl sites for hydroxylation is 1. The Labute approximate surface area is 280 Å². The summed E-state index contributed by atoms with van der Waals surface area (Å²) < 4.78 is 47.0. The van der Waals surface area contributed by atoms with Crippen molar-refractivity contribution in [2.75, 3.05) is 10.2 Å². The van der Waals surface area contributed by atoms with Gasteiger partial charge < -0.3 is 10.1 Å². The number of nitrogens with one attached hydrogen (secondary N) is 1. The Morgan fingerprint density at radius 1 is 0.755 bits per heavy atom. The molecule has 0 saturated carbocycles. The monoisotopic (exact) mass is 658 g/mol. The highest BCUT2D eigenvalue weighted by atomic mass is 19.4. The zero-order valence-corrected chi connectivity index (χ0v) is 26.3. The second-order valence-corrected chi connectivity index (χ2v) is 11.6. The van der Waals surface area contributed by atoms with E-state index < -0.39 is 29.2 Å². The van der Waals surface area contributed by atoms with Crippen LogP contribution in [0.5, 0.6) is 11.5 Å². The Bertz CT molecular complexity index is 2200. The number of ether oxygens (including phenoxy) is 1. The number of carbonyl (C=O) groups is 2. The van der Waals surface area contributed by atoms with Gasteiger partial charge in [0, 0.05) is 16.6 Å². The van der Waals surface area contributed by atoms with E-state index in [1.807, 2.05) is 48.5 Å². The molecule has 0 radical (unpaired) electrons. The van der Waals surface area contributed by atoms with E-state index in [-0.39, 0.29) is 16.9 Å². The molecule has 1 aliphatic heterocycles. The Balaban J connectivity index is 1.10. The minimum atomic E-state index is -4.75. The molecule has 5 aromatic carbocycles. The summed E-state index contributed by atoms with van der Waals surface area (Å²) in [6.45, 7) is 2.18. The summed E-state index contributed by atoms with van der Waals surface area (Å²) in [4.78, 5) is 36.5. The number of fused-ring (bicyclic) bond motifs is 2. The minimum Gasteiger partial charge on any atom is -0.457 e. The van der Waals surface area contributed by atoms with Crippen molar-refractivity contribution in [2.24, 2.45) is 0 Å². The molecule has 0 aliphatic carbocycles. The number of alkyl halides is 3. The van der Waals surface area contributed by atoms with Crippen LogP contribution in [0.2, 0.25) is 0 Å². The molecule has 7 nitrogen and oxygen atoms in total. The fourth-order valence-electron chi connectivity index (χ4n) is 5.79. The number of para-hydroxylation sites is 2. The zero-order chi connectivity index (χ0) is 34.1. The summed E-state index contributed by atoms with van der Waals surface area (Å²) in [5.74, 6) is 0.251. The van der Waals surface area contributed by atoms with Crippen LogP contribution >= 0.6 is 0 Å². The Morgan fingerprint density at radius 3 is 2.20 bits per heavy atom. The van der Waals surface area contributed by atoms with Gasteiger partial charge in [-0.2, -0.15) is 13.2 Å². The number of anilines is 3. The topological polar surface area (TPSA) is 84.4 Å². The van der Waals surface area contributed by atoms with E-state index >= 15 is 0 Å². The van der Waals surface area contributed by atoms with Crippen molar-refractivity contribution in [2.45, 2.75) is 32.4 Å². The standard InChI is InChI=1S/C39H29F3N4O3/c1-2-3-8-24-13-15-25(16-14-24)35-44-33-11-6-4-9-30(33)36(45-35)43-26-17-19-27(20-18-26)49-28-21-22-29-31(23-28)38(48)46(37(29)47)34-12-7-5-10-32(34)39(40,41)42/h4-7,9-23H,2-3,8H2,1H3,(H,43,44,45). The second kappa shape index (κ2) is 12.9. The van der Waals surface area contributed by atoms with E-state index in [9.17, 15) is 22.8 Å². The SMILES string of the molecule is CCCCc1ccc(-c2nc(Nc3ccc(Oc4ccc5c(c4)C(=O)N(c4ccccc4C(F)(F)F)C5=O)cc3)c3ccccc3n2)cc1. The maximum absolute atomic E-state index is 13.7. The van der Waals surface area contributed by atoms with E-state index in [1.54, 1.807) is 12.1 Å². The van der Waals surface area contributed by atoms with Gasteiger partial charge in [-0.3, -0.25) is 9.59 Å². The average molecular weight is 659 g/mol. The quantitative estimate of drug-likeness (QED) is 0.156. The fourth-order valence-corrected chi connectivity index (χ4v) is 5.79. The number of hydrogen-bond donors (Lipinski definition) is 1. The Kier molecular flexibility index (Phi) is 8.29. The van der Waals surface area contributed by atoms with Gasteiger partial charge in [-0.05, 0) is 85.1 Å². The molecule has 0 bridgehead atoms. The Hall–Kier alpha value is -6.03. The molecule has 2 heterocycles. The van der Waals surface area contributed by atoms with Crippen molar-refractivity contribution in [1.82, 2.24) is 9.97 Å². The largest absolute Gasteiger partial charge is 0.457 e. The third-order valence-corrected chi connectivity index (χ3v) is 8.30. The van der Waals surface area contributed by atoms with Gasteiger partial charge in [0.25, 0.3) is 11.8 Å². The van der Waals surface area contributed by atoms with Crippen LogP contribution in [-0.2, 0) is 12.6 Å². The van der Waals surface area contributed by atoms with Crippen molar-refractivity contribution < 1.29 is 27.5 Å². The number of amides is 2. The summed E-state index contributed by atoms with van der Waals surface area (Å²) in [6, 6.07) is 31.9. The maximum atomic E-state index is 13.7. The summed E-state index contributed by atoms with van der Waals surface area (Å²) in [5.41, 5.74) is 2.10. The third kappa shape index (κ3) is 6.32. The number of benzene rings is 5. The molecule has 1 aromatic heterocycles. The fraction of sp³-hybridized carbons (Fsp3) is 0.128. The molecular weight excluding hydrogens is 629 g/mol. The predicted molar refractivity (Wildman–Crippen MR) is 182 cm³/mol. The number of imide groups is 1. The van der Waals surface area contributed by atoms with Crippen LogP contribution in [0.25, 0.3) is 22.3 Å². The maximum Gasteiger partial charge on any atom is 0.418 e. The van der Waals surface area contributed by atoms with Crippen molar-refractivity contribution in [3.05, 3.63) is 138 Å². The summed E-state index contributed by atoms with van der Waals surface area (Å²) >= 11 is 0. The van der Waals surface area contributed by atoms with Crippen LogP contribution in [0.3, 0.4) is 0 Å². The number of halogens is 3. The summed E-state index contributed by atoms with van der Waals surface area (Å²) in [5, 5.41) is 4.25. The molecule has 10 heteroatoms. The molecule has 7 rings (SSSR count).